The number of nitrogens with one attached hydrogen (secondary N) is 1. The summed E-state index contributed by atoms with van der Waals surface area (Å²) in [5.41, 5.74) is 0.301. The molecule has 0 aromatic carbocycles. The van der Waals surface area contributed by atoms with Gasteiger partial charge < -0.3 is 5.32 Å². The van der Waals surface area contributed by atoms with Crippen molar-refractivity contribution < 1.29 is 13.2 Å². The number of pyridine rings is 1. The molecule has 5 nitrogen and oxygen atoms in total. The second-order valence-corrected chi connectivity index (χ2v) is 7.47. The first-order valence-electron chi connectivity index (χ1n) is 5.67. The lowest BCUT2D eigenvalue weighted by Gasteiger charge is -2.09. The Morgan fingerprint density at radius 2 is 2.21 bits per heavy atom. The average molecular weight is 323 g/mol. The Labute approximate surface area is 121 Å². The molecule has 0 spiro atoms. The highest BCUT2D eigenvalue weighted by Crippen LogP contribution is 2.20. The Kier molecular flexibility index (Phi) is 4.32. The van der Waals surface area contributed by atoms with Gasteiger partial charge in [-0.15, -0.1) is 0 Å². The van der Waals surface area contributed by atoms with Crippen LogP contribution in [0.1, 0.15) is 16.8 Å². The maximum atomic E-state index is 11.8. The molecule has 1 aliphatic rings. The van der Waals surface area contributed by atoms with Crippen molar-refractivity contribution in [1.82, 2.24) is 10.3 Å². The van der Waals surface area contributed by atoms with Gasteiger partial charge in [-0.25, -0.2) is 13.4 Å². The van der Waals surface area contributed by atoms with Crippen LogP contribution in [0.3, 0.4) is 0 Å². The predicted octanol–water partition coefficient (Wildman–Crippen LogP) is 1.55. The lowest BCUT2D eigenvalue weighted by atomic mass is 10.1. The van der Waals surface area contributed by atoms with E-state index in [0.29, 0.717) is 18.5 Å². The van der Waals surface area contributed by atoms with E-state index in [-0.39, 0.29) is 33.5 Å². The standard InChI is InChI=1S/C11H12Cl2N2O3S/c12-9-3-8(5-14-10(9)13)11(16)15-4-7-1-2-19(17,18)6-7/h3,5,7H,1-2,4,6H2,(H,15,16). The summed E-state index contributed by atoms with van der Waals surface area (Å²) in [4.78, 5) is 15.6. The van der Waals surface area contributed by atoms with Gasteiger partial charge >= 0.3 is 0 Å². The number of carbonyl (C=O) groups excluding carboxylic acids is 1. The van der Waals surface area contributed by atoms with Gasteiger partial charge in [-0.3, -0.25) is 4.79 Å². The summed E-state index contributed by atoms with van der Waals surface area (Å²) in [5, 5.41) is 3.03. The zero-order valence-electron chi connectivity index (χ0n) is 9.90. The van der Waals surface area contributed by atoms with Crippen LogP contribution in [0.2, 0.25) is 10.2 Å². The molecule has 19 heavy (non-hydrogen) atoms. The van der Waals surface area contributed by atoms with Crippen molar-refractivity contribution in [2.45, 2.75) is 6.42 Å². The van der Waals surface area contributed by atoms with E-state index in [9.17, 15) is 13.2 Å². The molecule has 104 valence electrons. The molecule has 2 rings (SSSR count). The number of hydrogen-bond acceptors (Lipinski definition) is 4. The van der Waals surface area contributed by atoms with E-state index in [1.54, 1.807) is 0 Å². The van der Waals surface area contributed by atoms with E-state index >= 15 is 0 Å². The van der Waals surface area contributed by atoms with E-state index in [1.165, 1.54) is 12.3 Å². The van der Waals surface area contributed by atoms with Crippen LogP contribution in [0, 0.1) is 5.92 Å². The third-order valence-electron chi connectivity index (χ3n) is 2.94. The zero-order chi connectivity index (χ0) is 14.0. The largest absolute Gasteiger partial charge is 0.352 e. The number of sulfone groups is 1. The molecular formula is C11H12Cl2N2O3S. The molecule has 1 aromatic heterocycles. The van der Waals surface area contributed by atoms with Gasteiger partial charge in [-0.2, -0.15) is 0 Å². The summed E-state index contributed by atoms with van der Waals surface area (Å²) >= 11 is 11.4. The van der Waals surface area contributed by atoms with Crippen LogP contribution in [0.4, 0.5) is 0 Å². The topological polar surface area (TPSA) is 76.1 Å². The maximum absolute atomic E-state index is 11.8. The molecule has 1 amide bonds. The molecule has 1 aliphatic heterocycles. The second kappa shape index (κ2) is 5.64. The van der Waals surface area contributed by atoms with Crippen molar-refractivity contribution in [1.29, 1.82) is 0 Å². The zero-order valence-corrected chi connectivity index (χ0v) is 12.2. The van der Waals surface area contributed by atoms with E-state index in [2.05, 4.69) is 10.3 Å². The monoisotopic (exact) mass is 322 g/mol. The third-order valence-corrected chi connectivity index (χ3v) is 5.46. The first kappa shape index (κ1) is 14.6. The fourth-order valence-electron chi connectivity index (χ4n) is 1.92. The van der Waals surface area contributed by atoms with Crippen LogP contribution >= 0.6 is 23.2 Å². The van der Waals surface area contributed by atoms with Gasteiger partial charge in [0.15, 0.2) is 9.84 Å². The normalized spacial score (nSPS) is 21.3. The Balaban J connectivity index is 1.93. The number of amides is 1. The number of rotatable bonds is 3. The summed E-state index contributed by atoms with van der Waals surface area (Å²) in [6, 6.07) is 1.43. The highest BCUT2D eigenvalue weighted by Gasteiger charge is 2.28. The summed E-state index contributed by atoms with van der Waals surface area (Å²) in [7, 11) is -2.92. The first-order valence-corrected chi connectivity index (χ1v) is 8.25. The van der Waals surface area contributed by atoms with Crippen molar-refractivity contribution in [3.05, 3.63) is 28.0 Å². The van der Waals surface area contributed by atoms with Crippen molar-refractivity contribution >= 4 is 38.9 Å². The highest BCUT2D eigenvalue weighted by atomic mass is 35.5. The highest BCUT2D eigenvalue weighted by molar-refractivity contribution is 7.91. The smallest absolute Gasteiger partial charge is 0.252 e. The summed E-state index contributed by atoms with van der Waals surface area (Å²) in [6.07, 6.45) is 1.91. The number of hydrogen-bond donors (Lipinski definition) is 1. The third kappa shape index (κ3) is 3.81. The molecule has 0 saturated carbocycles. The molecule has 8 heteroatoms. The van der Waals surface area contributed by atoms with E-state index in [4.69, 9.17) is 23.2 Å². The van der Waals surface area contributed by atoms with Gasteiger partial charge in [0.05, 0.1) is 22.1 Å². The predicted molar refractivity (Wildman–Crippen MR) is 73.4 cm³/mol. The van der Waals surface area contributed by atoms with Gasteiger partial charge in [-0.05, 0) is 18.4 Å². The molecular weight excluding hydrogens is 311 g/mol. The Bertz CT molecular complexity index is 604. The van der Waals surface area contributed by atoms with Gasteiger partial charge in [0.25, 0.3) is 5.91 Å². The molecule has 1 N–H and O–H groups in total. The molecule has 0 bridgehead atoms. The molecule has 1 saturated heterocycles. The van der Waals surface area contributed by atoms with Crippen molar-refractivity contribution in [3.63, 3.8) is 0 Å². The van der Waals surface area contributed by atoms with Crippen LogP contribution in [0.15, 0.2) is 12.3 Å². The van der Waals surface area contributed by atoms with Crippen LogP contribution in [0.5, 0.6) is 0 Å². The Morgan fingerprint density at radius 1 is 1.47 bits per heavy atom. The van der Waals surface area contributed by atoms with Gasteiger partial charge in [0.1, 0.15) is 5.15 Å². The van der Waals surface area contributed by atoms with Crippen molar-refractivity contribution in [2.75, 3.05) is 18.1 Å². The van der Waals surface area contributed by atoms with Crippen LogP contribution in [0.25, 0.3) is 0 Å². The molecule has 0 aliphatic carbocycles. The van der Waals surface area contributed by atoms with Crippen LogP contribution < -0.4 is 5.32 Å². The first-order chi connectivity index (χ1) is 8.87. The second-order valence-electron chi connectivity index (χ2n) is 4.48. The summed E-state index contributed by atoms with van der Waals surface area (Å²) in [5.74, 6) is -0.0329. The minimum absolute atomic E-state index is 0.0234. The van der Waals surface area contributed by atoms with Gasteiger partial charge in [0, 0.05) is 12.7 Å². The molecule has 1 atom stereocenters. The summed E-state index contributed by atoms with van der Waals surface area (Å²) < 4.78 is 22.6. The van der Waals surface area contributed by atoms with Crippen LogP contribution in [-0.4, -0.2) is 37.4 Å². The number of nitrogens with zero attached hydrogens (tertiary/aromatic N) is 1. The number of carbonyl (C=O) groups is 1. The lowest BCUT2D eigenvalue weighted by Crippen LogP contribution is -2.29. The van der Waals surface area contributed by atoms with Crippen molar-refractivity contribution in [2.24, 2.45) is 5.92 Å². The SMILES string of the molecule is O=C(NCC1CCS(=O)(=O)C1)c1cnc(Cl)c(Cl)c1. The Hall–Kier alpha value is -0.850. The Morgan fingerprint density at radius 3 is 2.79 bits per heavy atom. The number of halogens is 2. The lowest BCUT2D eigenvalue weighted by molar-refractivity contribution is 0.0948. The molecule has 1 unspecified atom stereocenters. The molecule has 2 heterocycles. The summed E-state index contributed by atoms with van der Waals surface area (Å²) in [6.45, 7) is 0.332. The van der Waals surface area contributed by atoms with E-state index in [0.717, 1.165) is 0 Å². The van der Waals surface area contributed by atoms with E-state index < -0.39 is 9.84 Å². The minimum atomic E-state index is -2.92. The minimum Gasteiger partial charge on any atom is -0.352 e. The number of aromatic nitrogens is 1. The van der Waals surface area contributed by atoms with Gasteiger partial charge in [0.2, 0.25) is 0 Å². The molecule has 1 fully saturated rings. The fraction of sp³-hybridized carbons (Fsp3) is 0.455. The van der Waals surface area contributed by atoms with Crippen LogP contribution in [-0.2, 0) is 9.84 Å². The fourth-order valence-corrected chi connectivity index (χ4v) is 4.05. The van der Waals surface area contributed by atoms with Gasteiger partial charge in [-0.1, -0.05) is 23.2 Å². The quantitative estimate of drug-likeness (QED) is 0.857. The van der Waals surface area contributed by atoms with Crippen molar-refractivity contribution in [3.8, 4) is 0 Å². The van der Waals surface area contributed by atoms with E-state index in [1.807, 2.05) is 0 Å². The maximum Gasteiger partial charge on any atom is 0.252 e. The molecule has 1 aromatic rings. The average Bonchev–Trinajstić information content (AvgIpc) is 2.69. The molecule has 0 radical (unpaired) electrons.